The van der Waals surface area contributed by atoms with Crippen molar-refractivity contribution in [1.29, 1.82) is 0 Å². The molecule has 0 saturated carbocycles. The molecule has 0 spiro atoms. The Morgan fingerprint density at radius 3 is 2.71 bits per heavy atom. The lowest BCUT2D eigenvalue weighted by Crippen LogP contribution is -2.12. The maximum Gasteiger partial charge on any atom is 0.339 e. The third-order valence-corrected chi connectivity index (χ3v) is 3.05. The maximum atomic E-state index is 12.0. The van der Waals surface area contributed by atoms with E-state index in [1.54, 1.807) is 12.1 Å². The van der Waals surface area contributed by atoms with Crippen molar-refractivity contribution in [1.82, 2.24) is 0 Å². The van der Waals surface area contributed by atoms with Crippen LogP contribution >= 0.6 is 11.6 Å². The van der Waals surface area contributed by atoms with E-state index in [1.807, 2.05) is 0 Å². The van der Waals surface area contributed by atoms with E-state index in [4.69, 9.17) is 21.8 Å². The summed E-state index contributed by atoms with van der Waals surface area (Å²) in [5.41, 5.74) is 5.97. The van der Waals surface area contributed by atoms with E-state index in [0.29, 0.717) is 11.4 Å². The summed E-state index contributed by atoms with van der Waals surface area (Å²) in [5, 5.41) is 2.84. The number of benzene rings is 1. The fourth-order valence-corrected chi connectivity index (χ4v) is 1.87. The zero-order chi connectivity index (χ0) is 15.4. The molecule has 0 saturated heterocycles. The minimum Gasteiger partial charge on any atom is -0.465 e. The van der Waals surface area contributed by atoms with Gasteiger partial charge in [0.25, 0.3) is 5.91 Å². The van der Waals surface area contributed by atoms with Gasteiger partial charge in [0.2, 0.25) is 0 Å². The highest BCUT2D eigenvalue weighted by atomic mass is 35.5. The van der Waals surface area contributed by atoms with Crippen LogP contribution in [0.3, 0.4) is 0 Å². The van der Waals surface area contributed by atoms with E-state index in [2.05, 4.69) is 10.1 Å². The number of furan rings is 1. The Hall–Kier alpha value is -2.31. The number of nitrogens with two attached hydrogens (primary N) is 1. The molecule has 7 heteroatoms. The van der Waals surface area contributed by atoms with Crippen LogP contribution in [-0.2, 0) is 11.3 Å². The van der Waals surface area contributed by atoms with E-state index < -0.39 is 11.9 Å². The molecule has 1 aromatic heterocycles. The fourth-order valence-electron chi connectivity index (χ4n) is 1.67. The predicted molar refractivity (Wildman–Crippen MR) is 77.3 cm³/mol. The summed E-state index contributed by atoms with van der Waals surface area (Å²) < 4.78 is 9.85. The molecule has 2 aromatic rings. The molecule has 0 radical (unpaired) electrons. The van der Waals surface area contributed by atoms with E-state index in [-0.39, 0.29) is 22.9 Å². The molecule has 3 N–H and O–H groups in total. The summed E-state index contributed by atoms with van der Waals surface area (Å²) in [5.74, 6) is -0.399. The van der Waals surface area contributed by atoms with Crippen molar-refractivity contribution in [2.24, 2.45) is 5.73 Å². The average Bonchev–Trinajstić information content (AvgIpc) is 2.97. The first-order valence-corrected chi connectivity index (χ1v) is 6.41. The van der Waals surface area contributed by atoms with Gasteiger partial charge < -0.3 is 20.2 Å². The SMILES string of the molecule is COC(=O)c1cc(NC(=O)c2ccc(CN)o2)ccc1Cl. The molecule has 110 valence electrons. The smallest absolute Gasteiger partial charge is 0.339 e. The highest BCUT2D eigenvalue weighted by Gasteiger charge is 2.15. The molecule has 0 aliphatic carbocycles. The zero-order valence-corrected chi connectivity index (χ0v) is 11.9. The molecule has 0 unspecified atom stereocenters. The topological polar surface area (TPSA) is 94.6 Å². The largest absolute Gasteiger partial charge is 0.465 e. The summed E-state index contributed by atoms with van der Waals surface area (Å²) in [4.78, 5) is 23.5. The minimum absolute atomic E-state index is 0.130. The first kappa shape index (κ1) is 15.1. The predicted octanol–water partition coefficient (Wildman–Crippen LogP) is 2.43. The molecule has 0 bridgehead atoms. The van der Waals surface area contributed by atoms with Crippen LogP contribution in [0.4, 0.5) is 5.69 Å². The van der Waals surface area contributed by atoms with Crippen molar-refractivity contribution in [2.75, 3.05) is 12.4 Å². The van der Waals surface area contributed by atoms with Crippen LogP contribution in [0.25, 0.3) is 0 Å². The van der Waals surface area contributed by atoms with Crippen LogP contribution in [0.1, 0.15) is 26.7 Å². The van der Waals surface area contributed by atoms with Gasteiger partial charge in [-0.2, -0.15) is 0 Å². The molecule has 0 atom stereocenters. The lowest BCUT2D eigenvalue weighted by atomic mass is 10.2. The van der Waals surface area contributed by atoms with E-state index in [9.17, 15) is 9.59 Å². The Bertz CT molecular complexity index is 681. The zero-order valence-electron chi connectivity index (χ0n) is 11.2. The molecule has 1 heterocycles. The van der Waals surface area contributed by atoms with Crippen molar-refractivity contribution in [2.45, 2.75) is 6.54 Å². The number of esters is 1. The Morgan fingerprint density at radius 2 is 2.10 bits per heavy atom. The third-order valence-electron chi connectivity index (χ3n) is 2.72. The van der Waals surface area contributed by atoms with Crippen LogP contribution in [-0.4, -0.2) is 19.0 Å². The molecular formula is C14H13ClN2O4. The number of methoxy groups -OCH3 is 1. The summed E-state index contributed by atoms with van der Waals surface area (Å²) in [6, 6.07) is 7.64. The van der Waals surface area contributed by atoms with Crippen molar-refractivity contribution in [3.05, 3.63) is 52.4 Å². The molecule has 6 nitrogen and oxygen atoms in total. The van der Waals surface area contributed by atoms with Gasteiger partial charge in [-0.15, -0.1) is 0 Å². The Balaban J connectivity index is 2.19. The number of nitrogens with one attached hydrogen (secondary N) is 1. The maximum absolute atomic E-state index is 12.0. The number of carbonyl (C=O) groups is 2. The van der Waals surface area contributed by atoms with Crippen molar-refractivity contribution < 1.29 is 18.7 Å². The van der Waals surface area contributed by atoms with Crippen molar-refractivity contribution >= 4 is 29.2 Å². The van der Waals surface area contributed by atoms with E-state index in [1.165, 1.54) is 25.3 Å². The number of anilines is 1. The first-order chi connectivity index (χ1) is 10.0. The number of carbonyl (C=O) groups excluding carboxylic acids is 2. The molecule has 21 heavy (non-hydrogen) atoms. The second-order valence-corrected chi connectivity index (χ2v) is 4.52. The summed E-state index contributed by atoms with van der Waals surface area (Å²) in [6.45, 7) is 0.209. The van der Waals surface area contributed by atoms with Gasteiger partial charge in [-0.1, -0.05) is 11.6 Å². The van der Waals surface area contributed by atoms with Crippen LogP contribution in [0.5, 0.6) is 0 Å². The quantitative estimate of drug-likeness (QED) is 0.846. The van der Waals surface area contributed by atoms with Gasteiger partial charge in [-0.05, 0) is 30.3 Å². The monoisotopic (exact) mass is 308 g/mol. The van der Waals surface area contributed by atoms with Crippen LogP contribution in [0.15, 0.2) is 34.7 Å². The Morgan fingerprint density at radius 1 is 1.33 bits per heavy atom. The number of rotatable bonds is 4. The number of halogens is 1. The standard InChI is InChI=1S/C14H13ClN2O4/c1-20-14(19)10-6-8(2-4-11(10)15)17-13(18)12-5-3-9(7-16)21-12/h2-6H,7,16H2,1H3,(H,17,18). The molecule has 0 aliphatic heterocycles. The average molecular weight is 309 g/mol. The number of amides is 1. The van der Waals surface area contributed by atoms with Crippen molar-refractivity contribution in [3.63, 3.8) is 0 Å². The van der Waals surface area contributed by atoms with Gasteiger partial charge in [0.05, 0.1) is 24.2 Å². The lowest BCUT2D eigenvalue weighted by Gasteiger charge is -2.07. The Kier molecular flexibility index (Phi) is 4.62. The van der Waals surface area contributed by atoms with Gasteiger partial charge in [0.15, 0.2) is 5.76 Å². The molecule has 0 aliphatic rings. The van der Waals surface area contributed by atoms with Crippen LogP contribution < -0.4 is 11.1 Å². The van der Waals surface area contributed by atoms with E-state index in [0.717, 1.165) is 0 Å². The highest BCUT2D eigenvalue weighted by Crippen LogP contribution is 2.22. The number of ether oxygens (including phenoxy) is 1. The summed E-state index contributed by atoms with van der Waals surface area (Å²) >= 11 is 5.90. The molecular weight excluding hydrogens is 296 g/mol. The first-order valence-electron chi connectivity index (χ1n) is 6.03. The Labute approximate surface area is 125 Å². The number of hydrogen-bond acceptors (Lipinski definition) is 5. The molecule has 1 amide bonds. The van der Waals surface area contributed by atoms with Crippen LogP contribution in [0, 0.1) is 0 Å². The summed E-state index contributed by atoms with van der Waals surface area (Å²) in [6.07, 6.45) is 0. The molecule has 1 aromatic carbocycles. The van der Waals surface area contributed by atoms with Crippen LogP contribution in [0.2, 0.25) is 5.02 Å². The van der Waals surface area contributed by atoms with Gasteiger partial charge in [0.1, 0.15) is 5.76 Å². The third kappa shape index (κ3) is 3.42. The normalized spacial score (nSPS) is 10.2. The van der Waals surface area contributed by atoms with E-state index >= 15 is 0 Å². The second-order valence-electron chi connectivity index (χ2n) is 4.11. The van der Waals surface area contributed by atoms with Gasteiger partial charge in [0, 0.05) is 5.69 Å². The van der Waals surface area contributed by atoms with Gasteiger partial charge in [-0.25, -0.2) is 4.79 Å². The lowest BCUT2D eigenvalue weighted by molar-refractivity contribution is 0.0600. The summed E-state index contributed by atoms with van der Waals surface area (Å²) in [7, 11) is 1.25. The minimum atomic E-state index is -0.584. The highest BCUT2D eigenvalue weighted by molar-refractivity contribution is 6.33. The van der Waals surface area contributed by atoms with Crippen molar-refractivity contribution in [3.8, 4) is 0 Å². The van der Waals surface area contributed by atoms with Gasteiger partial charge >= 0.3 is 5.97 Å². The number of hydrogen-bond donors (Lipinski definition) is 2. The second kappa shape index (κ2) is 6.43. The molecule has 2 rings (SSSR count). The fraction of sp³-hybridized carbons (Fsp3) is 0.143. The molecule has 0 fully saturated rings. The van der Waals surface area contributed by atoms with Gasteiger partial charge in [-0.3, -0.25) is 4.79 Å².